The van der Waals surface area contributed by atoms with Crippen molar-refractivity contribution in [3.63, 3.8) is 0 Å². The maximum atomic E-state index is 13.3. The summed E-state index contributed by atoms with van der Waals surface area (Å²) >= 11 is 6.31. The van der Waals surface area contributed by atoms with Gasteiger partial charge in [0.15, 0.2) is 0 Å². The quantitative estimate of drug-likeness (QED) is 0.837. The molecule has 1 atom stereocenters. The number of benzene rings is 2. The molecule has 0 spiro atoms. The van der Waals surface area contributed by atoms with Crippen LogP contribution in [0, 0.1) is 5.82 Å². The summed E-state index contributed by atoms with van der Waals surface area (Å²) in [7, 11) is -3.87. The third-order valence-corrected chi connectivity index (χ3v) is 7.47. The third kappa shape index (κ3) is 3.35. The average Bonchev–Trinajstić information content (AvgIpc) is 3.12. The van der Waals surface area contributed by atoms with E-state index >= 15 is 0 Å². The number of hydrogen-bond acceptors (Lipinski definition) is 3. The predicted octanol–water partition coefficient (Wildman–Crippen LogP) is 3.89. The number of hydrogen-bond donors (Lipinski definition) is 1. The SMILES string of the molecule is O=C1CCc2cc(Cl)c(S(=O)(=O)N3CCCC3c3ccc(F)cc3)cc2N1. The summed E-state index contributed by atoms with van der Waals surface area (Å²) in [4.78, 5) is 11.6. The lowest BCUT2D eigenvalue weighted by Crippen LogP contribution is -2.31. The first-order valence-corrected chi connectivity index (χ1v) is 10.6. The van der Waals surface area contributed by atoms with E-state index in [2.05, 4.69) is 5.32 Å². The predicted molar refractivity (Wildman–Crippen MR) is 101 cm³/mol. The molecule has 1 amide bonds. The fourth-order valence-corrected chi connectivity index (χ4v) is 5.98. The number of amides is 1. The standard InChI is InChI=1S/C19H18ClFN2O3S/c20-15-10-13-5-8-19(24)22-16(13)11-18(15)27(25,26)23-9-1-2-17(23)12-3-6-14(21)7-4-12/h3-4,6-7,10-11,17H,1-2,5,8-9H2,(H,22,24). The van der Waals surface area contributed by atoms with Crippen molar-refractivity contribution < 1.29 is 17.6 Å². The van der Waals surface area contributed by atoms with E-state index in [4.69, 9.17) is 11.6 Å². The Hall–Kier alpha value is -1.96. The molecule has 0 saturated carbocycles. The first-order chi connectivity index (χ1) is 12.9. The van der Waals surface area contributed by atoms with Crippen LogP contribution in [0.2, 0.25) is 5.02 Å². The van der Waals surface area contributed by atoms with Gasteiger partial charge in [0, 0.05) is 18.7 Å². The zero-order valence-electron chi connectivity index (χ0n) is 14.4. The Morgan fingerprint density at radius 1 is 1.15 bits per heavy atom. The number of nitrogens with one attached hydrogen (secondary N) is 1. The van der Waals surface area contributed by atoms with Gasteiger partial charge in [-0.1, -0.05) is 23.7 Å². The molecule has 0 bridgehead atoms. The monoisotopic (exact) mass is 408 g/mol. The van der Waals surface area contributed by atoms with E-state index in [9.17, 15) is 17.6 Å². The Kier molecular flexibility index (Phi) is 4.70. The molecule has 1 saturated heterocycles. The highest BCUT2D eigenvalue weighted by Gasteiger charge is 2.37. The van der Waals surface area contributed by atoms with E-state index in [0.29, 0.717) is 37.9 Å². The first kappa shape index (κ1) is 18.4. The summed E-state index contributed by atoms with van der Waals surface area (Å²) in [5.74, 6) is -0.502. The van der Waals surface area contributed by atoms with E-state index in [1.807, 2.05) is 0 Å². The molecule has 2 aromatic carbocycles. The molecule has 27 heavy (non-hydrogen) atoms. The molecule has 1 unspecified atom stereocenters. The second-order valence-corrected chi connectivity index (χ2v) is 9.08. The van der Waals surface area contributed by atoms with Gasteiger partial charge in [-0.05, 0) is 54.7 Å². The maximum absolute atomic E-state index is 13.3. The van der Waals surface area contributed by atoms with Gasteiger partial charge in [0.1, 0.15) is 10.7 Å². The molecule has 8 heteroatoms. The largest absolute Gasteiger partial charge is 0.326 e. The highest BCUT2D eigenvalue weighted by Crippen LogP contribution is 2.40. The van der Waals surface area contributed by atoms with Crippen LogP contribution < -0.4 is 5.32 Å². The van der Waals surface area contributed by atoms with Crippen molar-refractivity contribution >= 4 is 33.2 Å². The van der Waals surface area contributed by atoms with Crippen LogP contribution in [0.1, 0.15) is 36.4 Å². The second-order valence-electron chi connectivity index (χ2n) is 6.81. The fourth-order valence-electron chi connectivity index (χ4n) is 3.75. The summed E-state index contributed by atoms with van der Waals surface area (Å²) in [6, 6.07) is 8.60. The molecule has 2 aliphatic heterocycles. The minimum Gasteiger partial charge on any atom is -0.326 e. The van der Waals surface area contributed by atoms with Gasteiger partial charge < -0.3 is 5.32 Å². The Morgan fingerprint density at radius 3 is 2.63 bits per heavy atom. The van der Waals surface area contributed by atoms with E-state index in [0.717, 1.165) is 11.1 Å². The number of aryl methyl sites for hydroxylation is 1. The Morgan fingerprint density at radius 2 is 1.89 bits per heavy atom. The Balaban J connectivity index is 1.73. The molecule has 0 aliphatic carbocycles. The lowest BCUT2D eigenvalue weighted by Gasteiger charge is -2.26. The molecule has 1 N–H and O–H groups in total. The van der Waals surface area contributed by atoms with Crippen LogP contribution in [-0.4, -0.2) is 25.2 Å². The van der Waals surface area contributed by atoms with E-state index in [1.54, 1.807) is 18.2 Å². The van der Waals surface area contributed by atoms with Crippen molar-refractivity contribution in [2.24, 2.45) is 0 Å². The van der Waals surface area contributed by atoms with Crippen molar-refractivity contribution in [1.82, 2.24) is 4.31 Å². The van der Waals surface area contributed by atoms with Gasteiger partial charge in [-0.2, -0.15) is 4.31 Å². The topological polar surface area (TPSA) is 66.5 Å². The molecule has 1 fully saturated rings. The molecule has 2 heterocycles. The van der Waals surface area contributed by atoms with Crippen molar-refractivity contribution in [2.75, 3.05) is 11.9 Å². The van der Waals surface area contributed by atoms with Crippen molar-refractivity contribution in [2.45, 2.75) is 36.6 Å². The van der Waals surface area contributed by atoms with Gasteiger partial charge in [-0.3, -0.25) is 4.79 Å². The zero-order chi connectivity index (χ0) is 19.2. The van der Waals surface area contributed by atoms with Gasteiger partial charge in [-0.15, -0.1) is 0 Å². The van der Waals surface area contributed by atoms with Crippen LogP contribution >= 0.6 is 11.6 Å². The zero-order valence-corrected chi connectivity index (χ0v) is 16.0. The van der Waals surface area contributed by atoms with Crippen LogP contribution in [0.4, 0.5) is 10.1 Å². The van der Waals surface area contributed by atoms with E-state index in [1.165, 1.54) is 22.5 Å². The van der Waals surface area contributed by atoms with Gasteiger partial charge in [-0.25, -0.2) is 12.8 Å². The molecule has 142 valence electrons. The lowest BCUT2D eigenvalue weighted by atomic mass is 10.0. The summed E-state index contributed by atoms with van der Waals surface area (Å²) in [6.45, 7) is 0.365. The molecule has 2 aromatic rings. The lowest BCUT2D eigenvalue weighted by molar-refractivity contribution is -0.116. The van der Waals surface area contributed by atoms with Crippen LogP contribution in [0.25, 0.3) is 0 Å². The minimum absolute atomic E-state index is 0.0147. The summed E-state index contributed by atoms with van der Waals surface area (Å²) in [5, 5.41) is 2.86. The number of carbonyl (C=O) groups excluding carboxylic acids is 1. The van der Waals surface area contributed by atoms with Crippen molar-refractivity contribution in [3.05, 3.63) is 58.4 Å². The second kappa shape index (κ2) is 6.89. The normalized spacial score (nSPS) is 20.4. The summed E-state index contributed by atoms with van der Waals surface area (Å²) in [6.07, 6.45) is 2.25. The molecular formula is C19H18ClFN2O3S. The van der Waals surface area contributed by atoms with E-state index in [-0.39, 0.29) is 27.7 Å². The minimum atomic E-state index is -3.87. The maximum Gasteiger partial charge on any atom is 0.245 e. The van der Waals surface area contributed by atoms with Gasteiger partial charge in [0.2, 0.25) is 15.9 Å². The number of anilines is 1. The van der Waals surface area contributed by atoms with Gasteiger partial charge >= 0.3 is 0 Å². The van der Waals surface area contributed by atoms with Crippen LogP contribution in [0.15, 0.2) is 41.3 Å². The summed E-state index contributed by atoms with van der Waals surface area (Å²) < 4.78 is 41.3. The number of fused-ring (bicyclic) bond motifs is 1. The van der Waals surface area contributed by atoms with Gasteiger partial charge in [0.25, 0.3) is 0 Å². The number of rotatable bonds is 3. The smallest absolute Gasteiger partial charge is 0.245 e. The molecule has 4 rings (SSSR count). The number of halogens is 2. The number of nitrogens with zero attached hydrogens (tertiary/aromatic N) is 1. The number of sulfonamides is 1. The van der Waals surface area contributed by atoms with Crippen LogP contribution in [0.5, 0.6) is 0 Å². The Labute approximate surface area is 162 Å². The first-order valence-electron chi connectivity index (χ1n) is 8.76. The molecule has 2 aliphatic rings. The van der Waals surface area contributed by atoms with E-state index < -0.39 is 10.0 Å². The molecular weight excluding hydrogens is 391 g/mol. The van der Waals surface area contributed by atoms with Crippen molar-refractivity contribution in [1.29, 1.82) is 0 Å². The number of carbonyl (C=O) groups is 1. The molecule has 0 aromatic heterocycles. The highest BCUT2D eigenvalue weighted by atomic mass is 35.5. The fraction of sp³-hybridized carbons (Fsp3) is 0.316. The average molecular weight is 409 g/mol. The van der Waals surface area contributed by atoms with Crippen molar-refractivity contribution in [3.8, 4) is 0 Å². The van der Waals surface area contributed by atoms with Gasteiger partial charge in [0.05, 0.1) is 11.1 Å². The van der Waals surface area contributed by atoms with Crippen LogP contribution in [0.3, 0.4) is 0 Å². The van der Waals surface area contributed by atoms with Crippen LogP contribution in [-0.2, 0) is 21.2 Å². The third-order valence-electron chi connectivity index (χ3n) is 5.10. The highest BCUT2D eigenvalue weighted by molar-refractivity contribution is 7.89. The summed E-state index contributed by atoms with van der Waals surface area (Å²) in [5.41, 5.74) is 2.07. The molecule has 0 radical (unpaired) electrons. The Bertz CT molecular complexity index is 1010. The molecule has 5 nitrogen and oxygen atoms in total.